The summed E-state index contributed by atoms with van der Waals surface area (Å²) in [5.41, 5.74) is 6.78. The summed E-state index contributed by atoms with van der Waals surface area (Å²) in [5.74, 6) is -0.264. The molecule has 17 heavy (non-hydrogen) atoms. The van der Waals surface area contributed by atoms with Crippen molar-refractivity contribution in [1.82, 2.24) is 0 Å². The van der Waals surface area contributed by atoms with E-state index in [0.717, 1.165) is 0 Å². The van der Waals surface area contributed by atoms with Crippen molar-refractivity contribution in [2.45, 2.75) is 6.04 Å². The number of rotatable bonds is 3. The van der Waals surface area contributed by atoms with Crippen LogP contribution >= 0.6 is 0 Å². The highest BCUT2D eigenvalue weighted by molar-refractivity contribution is 6.04. The molecule has 2 N–H and O–H groups in total. The van der Waals surface area contributed by atoms with E-state index in [1.807, 2.05) is 0 Å². The number of nitrogens with two attached hydrogens (primary N) is 1. The van der Waals surface area contributed by atoms with E-state index in [4.69, 9.17) is 5.73 Å². The molecular formula is C11H11N3O3. The number of nitro benzene ring substituents is 1. The van der Waals surface area contributed by atoms with E-state index >= 15 is 0 Å². The number of nitro groups is 1. The fraction of sp³-hybridized carbons (Fsp3) is 0.182. The van der Waals surface area contributed by atoms with Gasteiger partial charge in [0.2, 0.25) is 5.91 Å². The number of carbonyl (C=O) groups excluding carboxylic acids is 1. The first-order valence-corrected chi connectivity index (χ1v) is 5.02. The van der Waals surface area contributed by atoms with Crippen LogP contribution in [0, 0.1) is 10.1 Å². The van der Waals surface area contributed by atoms with Gasteiger partial charge >= 0.3 is 0 Å². The largest absolute Gasteiger partial charge is 0.316 e. The Hall–Kier alpha value is -2.21. The molecule has 0 spiro atoms. The Kier molecular flexibility index (Phi) is 2.64. The second-order valence-electron chi connectivity index (χ2n) is 3.72. The zero-order valence-corrected chi connectivity index (χ0v) is 9.00. The van der Waals surface area contributed by atoms with E-state index in [2.05, 4.69) is 6.58 Å². The van der Waals surface area contributed by atoms with Gasteiger partial charge in [0.05, 0.1) is 4.92 Å². The highest BCUT2D eigenvalue weighted by atomic mass is 16.6. The molecule has 0 saturated carbocycles. The number of anilines is 1. The molecule has 1 aromatic carbocycles. The molecule has 0 fully saturated rings. The number of non-ortho nitro benzene ring substituents is 1. The van der Waals surface area contributed by atoms with Gasteiger partial charge in [-0.05, 0) is 6.07 Å². The van der Waals surface area contributed by atoms with Crippen LogP contribution in [-0.2, 0) is 4.79 Å². The van der Waals surface area contributed by atoms with Crippen molar-refractivity contribution < 1.29 is 9.72 Å². The third kappa shape index (κ3) is 1.68. The molecule has 6 nitrogen and oxygen atoms in total. The van der Waals surface area contributed by atoms with E-state index in [1.54, 1.807) is 12.1 Å². The van der Waals surface area contributed by atoms with Gasteiger partial charge in [0.1, 0.15) is 6.04 Å². The Morgan fingerprint density at radius 3 is 2.88 bits per heavy atom. The van der Waals surface area contributed by atoms with Gasteiger partial charge in [0, 0.05) is 29.9 Å². The van der Waals surface area contributed by atoms with Gasteiger partial charge < -0.3 is 10.6 Å². The van der Waals surface area contributed by atoms with E-state index in [9.17, 15) is 14.9 Å². The molecule has 88 valence electrons. The molecule has 1 heterocycles. The lowest BCUT2D eigenvalue weighted by atomic mass is 10.1. The van der Waals surface area contributed by atoms with Gasteiger partial charge in [-0.15, -0.1) is 6.58 Å². The molecule has 0 unspecified atom stereocenters. The molecular weight excluding hydrogens is 222 g/mol. The van der Waals surface area contributed by atoms with Gasteiger partial charge in [-0.3, -0.25) is 14.9 Å². The van der Waals surface area contributed by atoms with Gasteiger partial charge in [0.25, 0.3) is 5.69 Å². The highest BCUT2D eigenvalue weighted by Crippen LogP contribution is 2.36. The Morgan fingerprint density at radius 2 is 2.29 bits per heavy atom. The minimum atomic E-state index is -0.829. The summed E-state index contributed by atoms with van der Waals surface area (Å²) in [6.07, 6.45) is 1.58. The zero-order valence-electron chi connectivity index (χ0n) is 9.00. The maximum absolute atomic E-state index is 11.8. The van der Waals surface area contributed by atoms with Crippen LogP contribution < -0.4 is 10.6 Å². The topological polar surface area (TPSA) is 89.5 Å². The van der Waals surface area contributed by atoms with Crippen LogP contribution in [0.3, 0.4) is 0 Å². The number of fused-ring (bicyclic) bond motifs is 1. The zero-order chi connectivity index (χ0) is 12.6. The number of hydrogen-bond donors (Lipinski definition) is 1. The van der Waals surface area contributed by atoms with Crippen LogP contribution in [0.4, 0.5) is 11.4 Å². The Bertz CT molecular complexity index is 513. The predicted molar refractivity (Wildman–Crippen MR) is 62.6 cm³/mol. The minimum absolute atomic E-state index is 0.0625. The third-order valence-electron chi connectivity index (χ3n) is 2.69. The van der Waals surface area contributed by atoms with Gasteiger partial charge in [-0.2, -0.15) is 0 Å². The summed E-state index contributed by atoms with van der Waals surface area (Å²) < 4.78 is 0. The fourth-order valence-electron chi connectivity index (χ4n) is 1.89. The van der Waals surface area contributed by atoms with Crippen LogP contribution in [0.5, 0.6) is 0 Å². The first-order chi connectivity index (χ1) is 8.06. The number of carbonyl (C=O) groups is 1. The van der Waals surface area contributed by atoms with Crippen LogP contribution in [-0.4, -0.2) is 17.4 Å². The monoisotopic (exact) mass is 233 g/mol. The van der Waals surface area contributed by atoms with Gasteiger partial charge in [-0.1, -0.05) is 6.08 Å². The molecule has 0 radical (unpaired) electrons. The quantitative estimate of drug-likeness (QED) is 0.481. The summed E-state index contributed by atoms with van der Waals surface area (Å²) in [6.45, 7) is 3.90. The Labute approximate surface area is 97.5 Å². The van der Waals surface area contributed by atoms with Gasteiger partial charge in [-0.25, -0.2) is 0 Å². The maximum Gasteiger partial charge on any atom is 0.269 e. The summed E-state index contributed by atoms with van der Waals surface area (Å²) >= 11 is 0. The molecule has 1 aliphatic heterocycles. The Morgan fingerprint density at radius 1 is 1.59 bits per heavy atom. The van der Waals surface area contributed by atoms with Crippen molar-refractivity contribution in [3.8, 4) is 0 Å². The summed E-state index contributed by atoms with van der Waals surface area (Å²) in [7, 11) is 0. The molecule has 6 heteroatoms. The lowest BCUT2D eigenvalue weighted by Gasteiger charge is -2.14. The van der Waals surface area contributed by atoms with Crippen molar-refractivity contribution >= 4 is 17.3 Å². The van der Waals surface area contributed by atoms with E-state index in [0.29, 0.717) is 17.8 Å². The fourth-order valence-corrected chi connectivity index (χ4v) is 1.89. The van der Waals surface area contributed by atoms with Crippen molar-refractivity contribution in [2.75, 3.05) is 11.4 Å². The second-order valence-corrected chi connectivity index (χ2v) is 3.72. The average Bonchev–Trinajstić information content (AvgIpc) is 2.54. The van der Waals surface area contributed by atoms with Crippen LogP contribution in [0.2, 0.25) is 0 Å². The normalized spacial score (nSPS) is 18.1. The third-order valence-corrected chi connectivity index (χ3v) is 2.69. The number of benzene rings is 1. The summed E-state index contributed by atoms with van der Waals surface area (Å²) in [4.78, 5) is 23.4. The number of amides is 1. The molecule has 1 amide bonds. The second kappa shape index (κ2) is 3.99. The molecule has 1 atom stereocenters. The molecule has 0 saturated heterocycles. The molecule has 1 aliphatic rings. The molecule has 2 rings (SSSR count). The van der Waals surface area contributed by atoms with Crippen LogP contribution in [0.1, 0.15) is 11.6 Å². The molecule has 0 aliphatic carbocycles. The Balaban J connectivity index is 2.50. The van der Waals surface area contributed by atoms with E-state index < -0.39 is 11.0 Å². The molecule has 1 aromatic rings. The SMILES string of the molecule is C=CCN1C(=O)[C@H](N)c2cc([N+](=O)[O-])ccc21. The van der Waals surface area contributed by atoms with Crippen molar-refractivity contribution in [1.29, 1.82) is 0 Å². The lowest BCUT2D eigenvalue weighted by molar-refractivity contribution is -0.384. The number of nitrogens with zero attached hydrogens (tertiary/aromatic N) is 2. The van der Waals surface area contributed by atoms with Crippen molar-refractivity contribution in [3.63, 3.8) is 0 Å². The van der Waals surface area contributed by atoms with Gasteiger partial charge in [0.15, 0.2) is 0 Å². The molecule has 0 bridgehead atoms. The lowest BCUT2D eigenvalue weighted by Crippen LogP contribution is -2.31. The van der Waals surface area contributed by atoms with Crippen LogP contribution in [0.25, 0.3) is 0 Å². The molecule has 0 aromatic heterocycles. The standard InChI is InChI=1S/C11H11N3O3/c1-2-5-13-9-4-3-7(14(16)17)6-8(9)10(12)11(13)15/h2-4,6,10H,1,5,12H2/t10-/m1/s1. The van der Waals surface area contributed by atoms with E-state index in [1.165, 1.54) is 17.0 Å². The minimum Gasteiger partial charge on any atom is -0.316 e. The predicted octanol–water partition coefficient (Wildman–Crippen LogP) is 1.13. The highest BCUT2D eigenvalue weighted by Gasteiger charge is 2.35. The average molecular weight is 233 g/mol. The maximum atomic E-state index is 11.8. The van der Waals surface area contributed by atoms with E-state index in [-0.39, 0.29) is 11.6 Å². The van der Waals surface area contributed by atoms with Crippen LogP contribution in [0.15, 0.2) is 30.9 Å². The number of hydrogen-bond acceptors (Lipinski definition) is 4. The summed E-state index contributed by atoms with van der Waals surface area (Å²) in [6, 6.07) is 3.42. The first kappa shape index (κ1) is 11.3. The first-order valence-electron chi connectivity index (χ1n) is 5.02. The summed E-state index contributed by atoms with van der Waals surface area (Å²) in [5, 5.41) is 10.6. The smallest absolute Gasteiger partial charge is 0.269 e. The van der Waals surface area contributed by atoms with Crippen molar-refractivity contribution in [2.24, 2.45) is 5.73 Å². The van der Waals surface area contributed by atoms with Crippen molar-refractivity contribution in [3.05, 3.63) is 46.5 Å².